The molecule has 0 saturated carbocycles. The van der Waals surface area contributed by atoms with Crippen LogP contribution in [0.1, 0.15) is 41.5 Å². The summed E-state index contributed by atoms with van der Waals surface area (Å²) in [6, 6.07) is 13.6. The van der Waals surface area contributed by atoms with E-state index in [1.54, 1.807) is 4.90 Å². The van der Waals surface area contributed by atoms with Crippen molar-refractivity contribution in [1.82, 2.24) is 15.0 Å². The number of rotatable bonds is 3. The average molecular weight is 376 g/mol. The molecule has 1 N–H and O–H groups in total. The molecule has 1 atom stereocenters. The summed E-state index contributed by atoms with van der Waals surface area (Å²) in [6.07, 6.45) is 1.72. The second kappa shape index (κ2) is 7.46. The summed E-state index contributed by atoms with van der Waals surface area (Å²) in [5, 5.41) is 7.18. The molecule has 3 aromatic rings. The van der Waals surface area contributed by atoms with Gasteiger partial charge in [-0.15, -0.1) is 0 Å². The Labute approximate surface area is 164 Å². The van der Waals surface area contributed by atoms with E-state index in [0.29, 0.717) is 18.3 Å². The fourth-order valence-electron chi connectivity index (χ4n) is 3.65. The molecule has 0 bridgehead atoms. The highest BCUT2D eigenvalue weighted by Crippen LogP contribution is 2.33. The van der Waals surface area contributed by atoms with Gasteiger partial charge in [-0.1, -0.05) is 53.2 Å². The van der Waals surface area contributed by atoms with Gasteiger partial charge in [0.05, 0.1) is 0 Å². The van der Waals surface area contributed by atoms with Crippen molar-refractivity contribution < 1.29 is 9.32 Å². The number of urea groups is 1. The fourth-order valence-corrected chi connectivity index (χ4v) is 3.65. The number of carbonyl (C=O) groups excluding carboxylic acids is 1. The maximum Gasteiger partial charge on any atom is 0.322 e. The molecule has 0 spiro atoms. The molecule has 6 nitrogen and oxygen atoms in total. The first-order valence-electron chi connectivity index (χ1n) is 9.57. The van der Waals surface area contributed by atoms with E-state index in [4.69, 9.17) is 4.52 Å². The zero-order chi connectivity index (χ0) is 19.7. The monoisotopic (exact) mass is 376 g/mol. The van der Waals surface area contributed by atoms with Crippen LogP contribution in [0.3, 0.4) is 0 Å². The van der Waals surface area contributed by atoms with Gasteiger partial charge in [0.1, 0.15) is 6.04 Å². The van der Waals surface area contributed by atoms with E-state index in [2.05, 4.69) is 15.5 Å². The quantitative estimate of drug-likeness (QED) is 0.696. The first-order valence-corrected chi connectivity index (χ1v) is 9.57. The summed E-state index contributed by atoms with van der Waals surface area (Å²) in [5.41, 5.74) is 5.04. The van der Waals surface area contributed by atoms with Gasteiger partial charge in [-0.05, 0) is 44.7 Å². The van der Waals surface area contributed by atoms with Crippen molar-refractivity contribution in [2.45, 2.75) is 39.7 Å². The van der Waals surface area contributed by atoms with Crippen molar-refractivity contribution in [3.05, 3.63) is 65.0 Å². The smallest absolute Gasteiger partial charge is 0.322 e. The van der Waals surface area contributed by atoms with Crippen molar-refractivity contribution in [3.8, 4) is 11.4 Å². The number of hydrogen-bond donors (Lipinski definition) is 1. The molecule has 1 aliphatic rings. The van der Waals surface area contributed by atoms with Gasteiger partial charge in [0.2, 0.25) is 11.7 Å². The summed E-state index contributed by atoms with van der Waals surface area (Å²) >= 11 is 0. The lowest BCUT2D eigenvalue weighted by Crippen LogP contribution is -2.35. The molecule has 28 heavy (non-hydrogen) atoms. The van der Waals surface area contributed by atoms with Gasteiger partial charge in [0.25, 0.3) is 0 Å². The first kappa shape index (κ1) is 18.2. The number of anilines is 1. The molecule has 1 aliphatic heterocycles. The fraction of sp³-hybridized carbons (Fsp3) is 0.318. The van der Waals surface area contributed by atoms with Crippen LogP contribution in [-0.4, -0.2) is 27.6 Å². The van der Waals surface area contributed by atoms with Gasteiger partial charge in [-0.2, -0.15) is 4.98 Å². The summed E-state index contributed by atoms with van der Waals surface area (Å²) < 4.78 is 5.53. The molecule has 1 fully saturated rings. The standard InChI is InChI=1S/C22H24N4O2/c1-14-9-11-17(12-10-14)20-24-21(28-25-20)18-8-5-13-26(18)22(27)23-19-15(2)6-4-7-16(19)3/h4,6-7,9-12,18H,5,8,13H2,1-3H3,(H,23,27)/t18-/m0/s1. The Kier molecular flexibility index (Phi) is 4.86. The molecular weight excluding hydrogens is 352 g/mol. The topological polar surface area (TPSA) is 71.3 Å². The summed E-state index contributed by atoms with van der Waals surface area (Å²) in [4.78, 5) is 19.3. The number of nitrogens with zero attached hydrogens (tertiary/aromatic N) is 3. The number of hydrogen-bond acceptors (Lipinski definition) is 4. The predicted octanol–water partition coefficient (Wildman–Crippen LogP) is 5.03. The highest BCUT2D eigenvalue weighted by molar-refractivity contribution is 5.91. The molecule has 1 saturated heterocycles. The molecule has 0 radical (unpaired) electrons. The average Bonchev–Trinajstić information content (AvgIpc) is 3.34. The molecule has 1 aromatic heterocycles. The second-order valence-electron chi connectivity index (χ2n) is 7.37. The number of likely N-dealkylation sites (tertiary alicyclic amines) is 1. The lowest BCUT2D eigenvalue weighted by Gasteiger charge is -2.23. The third-order valence-corrected chi connectivity index (χ3v) is 5.26. The van der Waals surface area contributed by atoms with E-state index in [1.807, 2.05) is 63.2 Å². The Morgan fingerprint density at radius 1 is 1.11 bits per heavy atom. The minimum absolute atomic E-state index is 0.130. The van der Waals surface area contributed by atoms with Gasteiger partial charge in [-0.25, -0.2) is 4.79 Å². The van der Waals surface area contributed by atoms with Crippen molar-refractivity contribution in [2.75, 3.05) is 11.9 Å². The molecule has 2 aromatic carbocycles. The number of nitrogens with one attached hydrogen (secondary N) is 1. The van der Waals surface area contributed by atoms with E-state index in [0.717, 1.165) is 35.2 Å². The van der Waals surface area contributed by atoms with Gasteiger partial charge < -0.3 is 14.7 Å². The number of amides is 2. The summed E-state index contributed by atoms with van der Waals surface area (Å²) in [5.74, 6) is 1.04. The van der Waals surface area contributed by atoms with E-state index >= 15 is 0 Å². The Morgan fingerprint density at radius 2 is 1.82 bits per heavy atom. The molecular formula is C22H24N4O2. The van der Waals surface area contributed by atoms with Gasteiger partial charge >= 0.3 is 6.03 Å². The highest BCUT2D eigenvalue weighted by atomic mass is 16.5. The third-order valence-electron chi connectivity index (χ3n) is 5.26. The van der Waals surface area contributed by atoms with E-state index in [-0.39, 0.29) is 12.1 Å². The highest BCUT2D eigenvalue weighted by Gasteiger charge is 2.34. The molecule has 6 heteroatoms. The summed E-state index contributed by atoms with van der Waals surface area (Å²) in [6.45, 7) is 6.70. The van der Waals surface area contributed by atoms with Crippen molar-refractivity contribution in [2.24, 2.45) is 0 Å². The SMILES string of the molecule is Cc1ccc(-c2noc([C@@H]3CCCN3C(=O)Nc3c(C)cccc3C)n2)cc1. The van der Waals surface area contributed by atoms with Crippen molar-refractivity contribution in [1.29, 1.82) is 0 Å². The number of aryl methyl sites for hydroxylation is 3. The Bertz CT molecular complexity index is 974. The number of carbonyl (C=O) groups is 1. The van der Waals surface area contributed by atoms with Crippen LogP contribution in [0, 0.1) is 20.8 Å². The van der Waals surface area contributed by atoms with Crippen LogP contribution in [0.5, 0.6) is 0 Å². The summed E-state index contributed by atoms with van der Waals surface area (Å²) in [7, 11) is 0. The minimum Gasteiger partial charge on any atom is -0.337 e. The normalized spacial score (nSPS) is 16.4. The van der Waals surface area contributed by atoms with Crippen LogP contribution in [-0.2, 0) is 0 Å². The minimum atomic E-state index is -0.198. The molecule has 2 heterocycles. The zero-order valence-electron chi connectivity index (χ0n) is 16.4. The van der Waals surface area contributed by atoms with Crippen LogP contribution >= 0.6 is 0 Å². The van der Waals surface area contributed by atoms with Crippen molar-refractivity contribution in [3.63, 3.8) is 0 Å². The van der Waals surface area contributed by atoms with Crippen molar-refractivity contribution >= 4 is 11.7 Å². The van der Waals surface area contributed by atoms with Gasteiger partial charge in [0.15, 0.2) is 0 Å². The Morgan fingerprint density at radius 3 is 2.54 bits per heavy atom. The molecule has 0 unspecified atom stereocenters. The molecule has 2 amide bonds. The molecule has 0 aliphatic carbocycles. The van der Waals surface area contributed by atoms with Crippen LogP contribution in [0.4, 0.5) is 10.5 Å². The Hall–Kier alpha value is -3.15. The second-order valence-corrected chi connectivity index (χ2v) is 7.37. The number of benzene rings is 2. The van der Waals surface area contributed by atoms with Crippen LogP contribution in [0.2, 0.25) is 0 Å². The van der Waals surface area contributed by atoms with Crippen LogP contribution in [0.25, 0.3) is 11.4 Å². The maximum absolute atomic E-state index is 12.9. The predicted molar refractivity (Wildman–Crippen MR) is 108 cm³/mol. The molecule has 144 valence electrons. The third kappa shape index (κ3) is 3.50. The Balaban J connectivity index is 1.54. The van der Waals surface area contributed by atoms with Crippen LogP contribution in [0.15, 0.2) is 47.0 Å². The number of para-hydroxylation sites is 1. The van der Waals surface area contributed by atoms with E-state index < -0.39 is 0 Å². The van der Waals surface area contributed by atoms with Crippen LogP contribution < -0.4 is 5.32 Å². The lowest BCUT2D eigenvalue weighted by molar-refractivity contribution is 0.193. The van der Waals surface area contributed by atoms with Gasteiger partial charge in [0, 0.05) is 17.8 Å². The lowest BCUT2D eigenvalue weighted by atomic mass is 10.1. The number of aromatic nitrogens is 2. The molecule has 4 rings (SSSR count). The maximum atomic E-state index is 12.9. The first-order chi connectivity index (χ1) is 13.5. The van der Waals surface area contributed by atoms with E-state index in [9.17, 15) is 4.79 Å². The largest absolute Gasteiger partial charge is 0.337 e. The van der Waals surface area contributed by atoms with Gasteiger partial charge in [-0.3, -0.25) is 0 Å². The zero-order valence-corrected chi connectivity index (χ0v) is 16.4. The van der Waals surface area contributed by atoms with E-state index in [1.165, 1.54) is 5.56 Å².